The molecule has 0 amide bonds. The third-order valence-corrected chi connectivity index (χ3v) is 4.15. The smallest absolute Gasteiger partial charge is 0.269 e. The predicted octanol–water partition coefficient (Wildman–Crippen LogP) is 3.16. The monoisotopic (exact) mass is 298 g/mol. The average Bonchev–Trinajstić information content (AvgIpc) is 2.97. The number of nitro benzene ring substituents is 1. The Balaban J connectivity index is 1.91. The van der Waals surface area contributed by atoms with Gasteiger partial charge in [-0.25, -0.2) is 0 Å². The molecule has 5 nitrogen and oxygen atoms in total. The third kappa shape index (κ3) is 2.55. The average molecular weight is 298 g/mol. The SMILES string of the molecule is CCc1ccc([N+](=O)[O-])cc1C(N)C1Cc2ccccc2O1. The van der Waals surface area contributed by atoms with E-state index in [4.69, 9.17) is 10.5 Å². The van der Waals surface area contributed by atoms with Crippen molar-refractivity contribution in [3.63, 3.8) is 0 Å². The van der Waals surface area contributed by atoms with Gasteiger partial charge in [0, 0.05) is 18.6 Å². The van der Waals surface area contributed by atoms with Crippen LogP contribution in [0.1, 0.15) is 29.7 Å². The summed E-state index contributed by atoms with van der Waals surface area (Å²) in [4.78, 5) is 10.6. The van der Waals surface area contributed by atoms with Crippen molar-refractivity contribution < 1.29 is 9.66 Å². The molecule has 2 aromatic carbocycles. The first kappa shape index (κ1) is 14.5. The fourth-order valence-corrected chi connectivity index (χ4v) is 2.94. The number of nitrogens with two attached hydrogens (primary N) is 1. The number of hydrogen-bond donors (Lipinski definition) is 1. The third-order valence-electron chi connectivity index (χ3n) is 4.15. The van der Waals surface area contributed by atoms with Gasteiger partial charge < -0.3 is 10.5 Å². The van der Waals surface area contributed by atoms with Gasteiger partial charge in [-0.2, -0.15) is 0 Å². The molecule has 2 N–H and O–H groups in total. The van der Waals surface area contributed by atoms with E-state index in [-0.39, 0.29) is 22.8 Å². The molecule has 2 aromatic rings. The van der Waals surface area contributed by atoms with Gasteiger partial charge in [-0.3, -0.25) is 10.1 Å². The molecule has 22 heavy (non-hydrogen) atoms. The van der Waals surface area contributed by atoms with Crippen LogP contribution >= 0.6 is 0 Å². The molecule has 0 aromatic heterocycles. The van der Waals surface area contributed by atoms with Crippen LogP contribution < -0.4 is 10.5 Å². The molecule has 0 saturated heterocycles. The minimum atomic E-state index is -0.389. The van der Waals surface area contributed by atoms with Crippen molar-refractivity contribution in [1.29, 1.82) is 0 Å². The minimum absolute atomic E-state index is 0.0677. The first-order valence-electron chi connectivity index (χ1n) is 7.37. The topological polar surface area (TPSA) is 78.4 Å². The lowest BCUT2D eigenvalue weighted by Crippen LogP contribution is -2.30. The van der Waals surface area contributed by atoms with E-state index >= 15 is 0 Å². The van der Waals surface area contributed by atoms with Gasteiger partial charge in [-0.15, -0.1) is 0 Å². The second kappa shape index (κ2) is 5.77. The molecular formula is C17H18N2O3. The number of non-ortho nitro benzene ring substituents is 1. The largest absolute Gasteiger partial charge is 0.488 e. The Kier molecular flexibility index (Phi) is 3.81. The van der Waals surface area contributed by atoms with Gasteiger partial charge >= 0.3 is 0 Å². The van der Waals surface area contributed by atoms with Crippen molar-refractivity contribution in [3.8, 4) is 5.75 Å². The summed E-state index contributed by atoms with van der Waals surface area (Å²) in [6.07, 6.45) is 1.31. The van der Waals surface area contributed by atoms with Gasteiger partial charge in [0.05, 0.1) is 11.0 Å². The fourth-order valence-electron chi connectivity index (χ4n) is 2.94. The summed E-state index contributed by atoms with van der Waals surface area (Å²) in [6, 6.07) is 12.4. The van der Waals surface area contributed by atoms with Crippen LogP contribution in [0.2, 0.25) is 0 Å². The van der Waals surface area contributed by atoms with Gasteiger partial charge in [0.1, 0.15) is 11.9 Å². The van der Waals surface area contributed by atoms with E-state index in [1.165, 1.54) is 6.07 Å². The quantitative estimate of drug-likeness (QED) is 0.694. The molecule has 114 valence electrons. The molecule has 1 aliphatic heterocycles. The highest BCUT2D eigenvalue weighted by Crippen LogP contribution is 2.35. The number of ether oxygens (including phenoxy) is 1. The number of nitro groups is 1. The van der Waals surface area contributed by atoms with Crippen LogP contribution in [0.25, 0.3) is 0 Å². The Bertz CT molecular complexity index is 690. The van der Waals surface area contributed by atoms with E-state index in [0.717, 1.165) is 35.3 Å². The zero-order valence-corrected chi connectivity index (χ0v) is 12.4. The highest BCUT2D eigenvalue weighted by Gasteiger charge is 2.30. The molecule has 0 bridgehead atoms. The van der Waals surface area contributed by atoms with E-state index in [9.17, 15) is 10.1 Å². The predicted molar refractivity (Wildman–Crippen MR) is 84.0 cm³/mol. The van der Waals surface area contributed by atoms with Crippen molar-refractivity contribution in [2.75, 3.05) is 0 Å². The van der Waals surface area contributed by atoms with Crippen molar-refractivity contribution in [1.82, 2.24) is 0 Å². The van der Waals surface area contributed by atoms with Gasteiger partial charge in [0.15, 0.2) is 0 Å². The molecule has 0 spiro atoms. The van der Waals surface area contributed by atoms with Gasteiger partial charge in [0.25, 0.3) is 5.69 Å². The standard InChI is InChI=1S/C17H18N2O3/c1-2-11-7-8-13(19(20)21)10-14(11)17(18)16-9-12-5-3-4-6-15(12)22-16/h3-8,10,16-17H,2,9,18H2,1H3. The Hall–Kier alpha value is -2.40. The summed E-state index contributed by atoms with van der Waals surface area (Å²) in [6.45, 7) is 2.02. The van der Waals surface area contributed by atoms with Crippen LogP contribution in [0.4, 0.5) is 5.69 Å². The Labute approximate surface area is 128 Å². The molecule has 1 heterocycles. The lowest BCUT2D eigenvalue weighted by atomic mass is 9.93. The zero-order chi connectivity index (χ0) is 15.7. The number of benzene rings is 2. The second-order valence-electron chi connectivity index (χ2n) is 5.49. The summed E-state index contributed by atoms with van der Waals surface area (Å²) >= 11 is 0. The van der Waals surface area contributed by atoms with E-state index in [1.54, 1.807) is 12.1 Å². The molecule has 5 heteroatoms. The van der Waals surface area contributed by atoms with Gasteiger partial charge in [-0.05, 0) is 29.2 Å². The number of nitrogens with zero attached hydrogens (tertiary/aromatic N) is 1. The summed E-state index contributed by atoms with van der Waals surface area (Å²) in [5.41, 5.74) is 9.40. The Morgan fingerprint density at radius 2 is 2.14 bits per heavy atom. The number of para-hydroxylation sites is 1. The number of rotatable bonds is 4. The minimum Gasteiger partial charge on any atom is -0.488 e. The zero-order valence-electron chi connectivity index (χ0n) is 12.4. The molecule has 0 radical (unpaired) electrons. The van der Waals surface area contributed by atoms with Crippen molar-refractivity contribution >= 4 is 5.69 Å². The number of hydrogen-bond acceptors (Lipinski definition) is 4. The summed E-state index contributed by atoms with van der Waals surface area (Å²) in [5.74, 6) is 0.853. The Morgan fingerprint density at radius 3 is 2.82 bits per heavy atom. The van der Waals surface area contributed by atoms with Crippen LogP contribution in [0.5, 0.6) is 5.75 Å². The van der Waals surface area contributed by atoms with Crippen LogP contribution in [-0.4, -0.2) is 11.0 Å². The molecular weight excluding hydrogens is 280 g/mol. The highest BCUT2D eigenvalue weighted by atomic mass is 16.6. The fraction of sp³-hybridized carbons (Fsp3) is 0.294. The highest BCUT2D eigenvalue weighted by molar-refractivity contribution is 5.44. The summed E-state index contributed by atoms with van der Waals surface area (Å²) in [5, 5.41) is 11.0. The van der Waals surface area contributed by atoms with E-state index in [2.05, 4.69) is 0 Å². The lowest BCUT2D eigenvalue weighted by molar-refractivity contribution is -0.385. The second-order valence-corrected chi connectivity index (χ2v) is 5.49. The number of aryl methyl sites for hydroxylation is 1. The van der Waals surface area contributed by atoms with Crippen LogP contribution in [0, 0.1) is 10.1 Å². The number of fused-ring (bicyclic) bond motifs is 1. The summed E-state index contributed by atoms with van der Waals surface area (Å²) in [7, 11) is 0. The molecule has 0 aliphatic carbocycles. The first-order chi connectivity index (χ1) is 10.6. The van der Waals surface area contributed by atoms with Crippen LogP contribution in [0.3, 0.4) is 0 Å². The maximum atomic E-state index is 11.0. The van der Waals surface area contributed by atoms with Crippen molar-refractivity contribution in [2.45, 2.75) is 31.9 Å². The van der Waals surface area contributed by atoms with Gasteiger partial charge in [0.2, 0.25) is 0 Å². The first-order valence-corrected chi connectivity index (χ1v) is 7.37. The molecule has 1 aliphatic rings. The summed E-state index contributed by atoms with van der Waals surface area (Å²) < 4.78 is 5.93. The Morgan fingerprint density at radius 1 is 1.36 bits per heavy atom. The lowest BCUT2D eigenvalue weighted by Gasteiger charge is -2.21. The van der Waals surface area contributed by atoms with E-state index in [0.29, 0.717) is 0 Å². The van der Waals surface area contributed by atoms with E-state index in [1.807, 2.05) is 31.2 Å². The molecule has 3 rings (SSSR count). The normalized spacial score (nSPS) is 17.6. The van der Waals surface area contributed by atoms with Crippen LogP contribution in [-0.2, 0) is 12.8 Å². The molecule has 2 atom stereocenters. The molecule has 0 fully saturated rings. The van der Waals surface area contributed by atoms with Crippen LogP contribution in [0.15, 0.2) is 42.5 Å². The maximum absolute atomic E-state index is 11.0. The molecule has 2 unspecified atom stereocenters. The maximum Gasteiger partial charge on any atom is 0.269 e. The van der Waals surface area contributed by atoms with Crippen molar-refractivity contribution in [3.05, 3.63) is 69.3 Å². The molecule has 0 saturated carbocycles. The van der Waals surface area contributed by atoms with Crippen molar-refractivity contribution in [2.24, 2.45) is 5.73 Å². The van der Waals surface area contributed by atoms with Gasteiger partial charge in [-0.1, -0.05) is 31.2 Å². The van der Waals surface area contributed by atoms with E-state index < -0.39 is 0 Å².